The van der Waals surface area contributed by atoms with Gasteiger partial charge in [-0.3, -0.25) is 4.79 Å². The topological polar surface area (TPSA) is 48.1 Å². The molecular formula is C25H29N3O. The van der Waals surface area contributed by atoms with E-state index in [1.807, 2.05) is 18.2 Å². The van der Waals surface area contributed by atoms with Crippen molar-refractivity contribution in [1.29, 1.82) is 0 Å². The number of carbonyl (C=O) groups is 1. The van der Waals surface area contributed by atoms with Crippen molar-refractivity contribution in [2.75, 3.05) is 6.54 Å². The van der Waals surface area contributed by atoms with E-state index < -0.39 is 0 Å². The number of likely N-dealkylation sites (N-methyl/N-ethyl adjacent to an activating group) is 1. The van der Waals surface area contributed by atoms with Gasteiger partial charge in [-0.2, -0.15) is 0 Å². The standard InChI is InChI=1S/C25H29N3O/c1-3-28(23(29)22-18(2)20-12-7-8-13-21(20)27-22)25-15-9-14-24(25,17-25)26-16-19-10-5-4-6-11-19/h4-8,10-13,26-27H,3,9,14-17H2,1-2H3/t24-,25-/m0/s1. The zero-order valence-electron chi connectivity index (χ0n) is 17.3. The number of para-hydroxylation sites is 1. The Balaban J connectivity index is 1.42. The van der Waals surface area contributed by atoms with Crippen molar-refractivity contribution in [1.82, 2.24) is 15.2 Å². The maximum Gasteiger partial charge on any atom is 0.271 e. The molecule has 2 aliphatic rings. The average molecular weight is 388 g/mol. The van der Waals surface area contributed by atoms with Gasteiger partial charge in [0.05, 0.1) is 5.54 Å². The van der Waals surface area contributed by atoms with E-state index in [0.29, 0.717) is 0 Å². The zero-order chi connectivity index (χ0) is 20.1. The smallest absolute Gasteiger partial charge is 0.271 e. The van der Waals surface area contributed by atoms with Crippen molar-refractivity contribution in [2.45, 2.75) is 57.2 Å². The van der Waals surface area contributed by atoms with Gasteiger partial charge in [-0.05, 0) is 56.7 Å². The highest BCUT2D eigenvalue weighted by Crippen LogP contribution is 2.63. The molecule has 2 aliphatic carbocycles. The maximum atomic E-state index is 13.7. The summed E-state index contributed by atoms with van der Waals surface area (Å²) in [5, 5.41) is 4.99. The third-order valence-electron chi connectivity index (χ3n) is 7.29. The molecule has 0 spiro atoms. The lowest BCUT2D eigenvalue weighted by Gasteiger charge is -2.33. The maximum absolute atomic E-state index is 13.7. The van der Waals surface area contributed by atoms with E-state index >= 15 is 0 Å². The third-order valence-corrected chi connectivity index (χ3v) is 7.29. The molecule has 29 heavy (non-hydrogen) atoms. The number of benzene rings is 2. The fraction of sp³-hybridized carbons (Fsp3) is 0.400. The van der Waals surface area contributed by atoms with Gasteiger partial charge >= 0.3 is 0 Å². The highest BCUT2D eigenvalue weighted by Gasteiger charge is 2.73. The van der Waals surface area contributed by atoms with Crippen LogP contribution >= 0.6 is 0 Å². The van der Waals surface area contributed by atoms with Crippen molar-refractivity contribution in [3.63, 3.8) is 0 Å². The van der Waals surface area contributed by atoms with Crippen LogP contribution in [0, 0.1) is 6.92 Å². The normalized spacial score (nSPS) is 25.2. The first kappa shape index (κ1) is 18.4. The lowest BCUT2D eigenvalue weighted by atomic mass is 10.1. The van der Waals surface area contributed by atoms with Crippen molar-refractivity contribution in [3.05, 3.63) is 71.4 Å². The predicted octanol–water partition coefficient (Wildman–Crippen LogP) is 4.79. The summed E-state index contributed by atoms with van der Waals surface area (Å²) in [4.78, 5) is 19.2. The highest BCUT2D eigenvalue weighted by atomic mass is 16.2. The van der Waals surface area contributed by atoms with Crippen LogP contribution in [-0.4, -0.2) is 33.4 Å². The lowest BCUT2D eigenvalue weighted by molar-refractivity contribution is 0.0630. The minimum absolute atomic E-state index is 0.0443. The molecule has 2 fully saturated rings. The van der Waals surface area contributed by atoms with Crippen LogP contribution in [0.1, 0.15) is 54.2 Å². The SMILES string of the molecule is CCN(C(=O)c1[nH]c2ccccc2c1C)[C@]12CCC[C@]1(NCc1ccccc1)C2. The Kier molecular flexibility index (Phi) is 4.28. The van der Waals surface area contributed by atoms with Gasteiger partial charge < -0.3 is 15.2 Å². The summed E-state index contributed by atoms with van der Waals surface area (Å²) in [5.41, 5.74) is 4.17. The molecule has 1 amide bonds. The van der Waals surface area contributed by atoms with Gasteiger partial charge in [0.25, 0.3) is 5.91 Å². The molecular weight excluding hydrogens is 358 g/mol. The van der Waals surface area contributed by atoms with Crippen molar-refractivity contribution in [3.8, 4) is 0 Å². The number of fused-ring (bicyclic) bond motifs is 2. The van der Waals surface area contributed by atoms with E-state index in [4.69, 9.17) is 0 Å². The lowest BCUT2D eigenvalue weighted by Crippen LogP contribution is -2.49. The number of aromatic nitrogens is 1. The molecule has 150 valence electrons. The van der Waals surface area contributed by atoms with Gasteiger partial charge in [0, 0.05) is 29.5 Å². The van der Waals surface area contributed by atoms with Crippen molar-refractivity contribution >= 4 is 16.8 Å². The summed E-state index contributed by atoms with van der Waals surface area (Å²) in [7, 11) is 0. The Morgan fingerprint density at radius 2 is 1.86 bits per heavy atom. The summed E-state index contributed by atoms with van der Waals surface area (Å²) < 4.78 is 0. The van der Waals surface area contributed by atoms with E-state index in [1.54, 1.807) is 0 Å². The van der Waals surface area contributed by atoms with Gasteiger partial charge in [-0.25, -0.2) is 0 Å². The van der Waals surface area contributed by atoms with E-state index in [1.165, 1.54) is 12.0 Å². The number of hydrogen-bond donors (Lipinski definition) is 2. The molecule has 0 saturated heterocycles. The minimum Gasteiger partial charge on any atom is -0.350 e. The van der Waals surface area contributed by atoms with Crippen LogP contribution in [-0.2, 0) is 6.54 Å². The first-order valence-corrected chi connectivity index (χ1v) is 10.8. The van der Waals surface area contributed by atoms with Gasteiger partial charge in [-0.15, -0.1) is 0 Å². The summed E-state index contributed by atoms with van der Waals surface area (Å²) in [5.74, 6) is 0.145. The van der Waals surface area contributed by atoms with Gasteiger partial charge in [0.1, 0.15) is 5.69 Å². The number of H-pyrrole nitrogens is 1. The highest BCUT2D eigenvalue weighted by molar-refractivity contribution is 6.01. The van der Waals surface area contributed by atoms with Crippen LogP contribution in [0.2, 0.25) is 0 Å². The second-order valence-electron chi connectivity index (χ2n) is 8.70. The summed E-state index contributed by atoms with van der Waals surface area (Å²) in [6, 6.07) is 18.7. The van der Waals surface area contributed by atoms with Crippen LogP contribution in [0.4, 0.5) is 0 Å². The molecule has 2 saturated carbocycles. The number of nitrogens with zero attached hydrogens (tertiary/aromatic N) is 1. The Hall–Kier alpha value is -2.59. The minimum atomic E-state index is -0.0443. The molecule has 1 heterocycles. The molecule has 2 N–H and O–H groups in total. The molecule has 2 atom stereocenters. The number of nitrogens with one attached hydrogen (secondary N) is 2. The van der Waals surface area contributed by atoms with Crippen LogP contribution < -0.4 is 5.32 Å². The first-order valence-electron chi connectivity index (χ1n) is 10.8. The predicted molar refractivity (Wildman–Crippen MR) is 117 cm³/mol. The summed E-state index contributed by atoms with van der Waals surface area (Å²) in [6.45, 7) is 5.77. The molecule has 3 aromatic rings. The van der Waals surface area contributed by atoms with Gasteiger partial charge in [0.15, 0.2) is 0 Å². The number of carbonyl (C=O) groups excluding carboxylic acids is 1. The molecule has 0 radical (unpaired) electrons. The molecule has 2 aromatic carbocycles. The largest absolute Gasteiger partial charge is 0.350 e. The van der Waals surface area contributed by atoms with E-state index in [9.17, 15) is 4.79 Å². The number of aromatic amines is 1. The second-order valence-corrected chi connectivity index (χ2v) is 8.70. The number of rotatable bonds is 6. The molecule has 4 nitrogen and oxygen atoms in total. The zero-order valence-corrected chi connectivity index (χ0v) is 17.3. The van der Waals surface area contributed by atoms with E-state index in [2.05, 4.69) is 65.4 Å². The quantitative estimate of drug-likeness (QED) is 0.639. The molecule has 0 unspecified atom stereocenters. The molecule has 0 aliphatic heterocycles. The van der Waals surface area contributed by atoms with Crippen LogP contribution in [0.3, 0.4) is 0 Å². The monoisotopic (exact) mass is 387 g/mol. The Morgan fingerprint density at radius 3 is 2.62 bits per heavy atom. The van der Waals surface area contributed by atoms with Crippen LogP contribution in [0.15, 0.2) is 54.6 Å². The fourth-order valence-electron chi connectivity index (χ4n) is 5.73. The summed E-state index contributed by atoms with van der Waals surface area (Å²) >= 11 is 0. The molecule has 4 heteroatoms. The second kappa shape index (κ2) is 6.74. The number of aryl methyl sites for hydroxylation is 1. The number of hydrogen-bond acceptors (Lipinski definition) is 2. The fourth-order valence-corrected chi connectivity index (χ4v) is 5.73. The Bertz CT molecular complexity index is 1060. The van der Waals surface area contributed by atoms with Crippen LogP contribution in [0.5, 0.6) is 0 Å². The van der Waals surface area contributed by atoms with E-state index in [-0.39, 0.29) is 17.0 Å². The van der Waals surface area contributed by atoms with Crippen molar-refractivity contribution in [2.24, 2.45) is 0 Å². The Labute approximate surface area is 172 Å². The third kappa shape index (κ3) is 2.73. The van der Waals surface area contributed by atoms with Gasteiger partial charge in [0.2, 0.25) is 0 Å². The average Bonchev–Trinajstić information content (AvgIpc) is 3.04. The first-order chi connectivity index (χ1) is 14.1. The molecule has 0 bridgehead atoms. The van der Waals surface area contributed by atoms with Crippen LogP contribution in [0.25, 0.3) is 10.9 Å². The summed E-state index contributed by atoms with van der Waals surface area (Å²) in [6.07, 6.45) is 4.48. The van der Waals surface area contributed by atoms with E-state index in [0.717, 1.165) is 54.5 Å². The van der Waals surface area contributed by atoms with Crippen molar-refractivity contribution < 1.29 is 4.79 Å². The molecule has 5 rings (SSSR count). The number of amides is 1. The Morgan fingerprint density at radius 1 is 1.10 bits per heavy atom. The molecule has 1 aromatic heterocycles. The van der Waals surface area contributed by atoms with Gasteiger partial charge in [-0.1, -0.05) is 48.5 Å².